The number of hydrogen-bond acceptors (Lipinski definition) is 6. The summed E-state index contributed by atoms with van der Waals surface area (Å²) in [5.74, 6) is -1.73. The summed E-state index contributed by atoms with van der Waals surface area (Å²) in [4.78, 5) is 35.5. The van der Waals surface area contributed by atoms with Crippen LogP contribution < -0.4 is 11.1 Å². The van der Waals surface area contributed by atoms with E-state index in [0.717, 1.165) is 0 Å². The van der Waals surface area contributed by atoms with Gasteiger partial charge in [0.25, 0.3) is 0 Å². The van der Waals surface area contributed by atoms with E-state index in [1.807, 2.05) is 0 Å². The molecule has 0 aliphatic heterocycles. The fraction of sp³-hybridized carbons (Fsp3) is 0.400. The van der Waals surface area contributed by atoms with Crippen LogP contribution in [-0.2, 0) is 30.3 Å². The number of rotatable bonds is 8. The molecule has 1 amide bonds. The van der Waals surface area contributed by atoms with Crippen LogP contribution in [0.2, 0.25) is 0 Å². The molecule has 120 valence electrons. The maximum absolute atomic E-state index is 12.3. The van der Waals surface area contributed by atoms with E-state index in [0.29, 0.717) is 11.3 Å². The van der Waals surface area contributed by atoms with Gasteiger partial charge in [-0.15, -0.1) is 0 Å². The molecule has 0 saturated heterocycles. The number of nitrogens with two attached hydrogens (primary N) is 1. The van der Waals surface area contributed by atoms with Crippen LogP contribution >= 0.6 is 0 Å². The minimum atomic E-state index is -1.91. The van der Waals surface area contributed by atoms with E-state index in [1.165, 1.54) is 0 Å². The zero-order valence-corrected chi connectivity index (χ0v) is 12.6. The van der Waals surface area contributed by atoms with E-state index >= 15 is 0 Å². The Morgan fingerprint density at radius 2 is 1.64 bits per heavy atom. The minimum Gasteiger partial charge on any atom is -0.464 e. The van der Waals surface area contributed by atoms with Crippen molar-refractivity contribution in [1.29, 1.82) is 0 Å². The van der Waals surface area contributed by atoms with Gasteiger partial charge in [-0.05, 0) is 31.5 Å². The molecule has 0 radical (unpaired) electrons. The fourth-order valence-corrected chi connectivity index (χ4v) is 1.95. The van der Waals surface area contributed by atoms with Crippen molar-refractivity contribution in [3.05, 3.63) is 29.8 Å². The van der Waals surface area contributed by atoms with Gasteiger partial charge in [-0.1, -0.05) is 12.1 Å². The molecule has 0 heterocycles. The quantitative estimate of drug-likeness (QED) is 0.312. The second-order valence-electron chi connectivity index (χ2n) is 4.53. The van der Waals surface area contributed by atoms with E-state index in [2.05, 4.69) is 5.32 Å². The van der Waals surface area contributed by atoms with Crippen LogP contribution in [0.1, 0.15) is 19.4 Å². The molecule has 7 nitrogen and oxygen atoms in total. The number of ether oxygens (including phenoxy) is 2. The van der Waals surface area contributed by atoms with Crippen molar-refractivity contribution in [2.24, 2.45) is 0 Å². The van der Waals surface area contributed by atoms with E-state index in [4.69, 9.17) is 15.2 Å². The highest BCUT2D eigenvalue weighted by Crippen LogP contribution is 2.19. The number of hydrogen-bond donors (Lipinski definition) is 2. The molecule has 0 unspecified atom stereocenters. The second-order valence-corrected chi connectivity index (χ2v) is 4.53. The molecular formula is C15H20N2O5. The Labute approximate surface area is 128 Å². The van der Waals surface area contributed by atoms with Crippen LogP contribution in [0, 0.1) is 0 Å². The van der Waals surface area contributed by atoms with Gasteiger partial charge in [0.1, 0.15) is 0 Å². The van der Waals surface area contributed by atoms with Gasteiger partial charge in [-0.25, -0.2) is 9.59 Å². The topological polar surface area (TPSA) is 108 Å². The molecular weight excluding hydrogens is 288 g/mol. The third kappa shape index (κ3) is 3.97. The van der Waals surface area contributed by atoms with E-state index in [9.17, 15) is 14.4 Å². The normalized spacial score (nSPS) is 10.6. The highest BCUT2D eigenvalue weighted by atomic mass is 16.6. The number of nitrogens with one attached hydrogen (secondary N) is 1. The Hall–Kier alpha value is -2.57. The molecule has 1 aromatic rings. The molecule has 1 aromatic carbocycles. The molecule has 1 rings (SSSR count). The first-order chi connectivity index (χ1) is 10.5. The summed E-state index contributed by atoms with van der Waals surface area (Å²) in [6, 6.07) is 6.60. The summed E-state index contributed by atoms with van der Waals surface area (Å²) < 4.78 is 9.88. The maximum Gasteiger partial charge on any atom is 0.344 e. The van der Waals surface area contributed by atoms with Gasteiger partial charge in [0.15, 0.2) is 0 Å². The smallest absolute Gasteiger partial charge is 0.344 e. The lowest BCUT2D eigenvalue weighted by molar-refractivity contribution is -0.167. The summed E-state index contributed by atoms with van der Waals surface area (Å²) in [5, 5.41) is 2.27. The molecule has 0 aliphatic rings. The lowest BCUT2D eigenvalue weighted by Gasteiger charge is -2.28. The van der Waals surface area contributed by atoms with Gasteiger partial charge >= 0.3 is 11.9 Å². The Morgan fingerprint density at radius 3 is 2.05 bits per heavy atom. The van der Waals surface area contributed by atoms with E-state index < -0.39 is 17.5 Å². The first-order valence-corrected chi connectivity index (χ1v) is 6.90. The van der Waals surface area contributed by atoms with Crippen LogP contribution in [0.3, 0.4) is 0 Å². The highest BCUT2D eigenvalue weighted by Gasteiger charge is 2.49. The maximum atomic E-state index is 12.3. The lowest BCUT2D eigenvalue weighted by Crippen LogP contribution is -2.60. The van der Waals surface area contributed by atoms with Gasteiger partial charge in [0, 0.05) is 12.1 Å². The summed E-state index contributed by atoms with van der Waals surface area (Å²) >= 11 is 0. The van der Waals surface area contributed by atoms with Gasteiger partial charge in [0.05, 0.1) is 13.2 Å². The summed E-state index contributed by atoms with van der Waals surface area (Å²) in [5.41, 5.74) is 4.87. The SMILES string of the molecule is CCOC(=O)C(Cc1ccc(N)cc1)(NC=O)C(=O)OCC. The monoisotopic (exact) mass is 308 g/mol. The standard InChI is InChI=1S/C15H20N2O5/c1-3-21-13(19)15(17-10-18,14(20)22-4-2)9-11-5-7-12(16)8-6-11/h5-8,10H,3-4,9,16H2,1-2H3,(H,17,18). The van der Waals surface area contributed by atoms with E-state index in [1.54, 1.807) is 38.1 Å². The van der Waals surface area contributed by atoms with Crippen molar-refractivity contribution in [3.63, 3.8) is 0 Å². The average Bonchev–Trinajstić information content (AvgIpc) is 2.49. The molecule has 0 saturated carbocycles. The molecule has 0 spiro atoms. The molecule has 3 N–H and O–H groups in total. The number of amides is 1. The first kappa shape index (κ1) is 17.5. The van der Waals surface area contributed by atoms with Crippen LogP contribution in [0.5, 0.6) is 0 Å². The van der Waals surface area contributed by atoms with Crippen molar-refractivity contribution in [2.75, 3.05) is 18.9 Å². The predicted molar refractivity (Wildman–Crippen MR) is 79.8 cm³/mol. The van der Waals surface area contributed by atoms with Crippen molar-refractivity contribution in [1.82, 2.24) is 5.32 Å². The van der Waals surface area contributed by atoms with Gasteiger partial charge in [-0.3, -0.25) is 4.79 Å². The fourth-order valence-electron chi connectivity index (χ4n) is 1.95. The molecule has 7 heteroatoms. The summed E-state index contributed by atoms with van der Waals surface area (Å²) in [7, 11) is 0. The molecule has 0 bridgehead atoms. The number of nitrogen functional groups attached to an aromatic ring is 1. The third-order valence-corrected chi connectivity index (χ3v) is 3.00. The third-order valence-electron chi connectivity index (χ3n) is 3.00. The molecule has 0 aromatic heterocycles. The highest BCUT2D eigenvalue weighted by molar-refractivity contribution is 6.06. The number of benzene rings is 1. The number of carbonyl (C=O) groups excluding carboxylic acids is 3. The van der Waals surface area contributed by atoms with Gasteiger partial charge < -0.3 is 20.5 Å². The largest absolute Gasteiger partial charge is 0.464 e. The van der Waals surface area contributed by atoms with Crippen LogP contribution in [0.25, 0.3) is 0 Å². The second kappa shape index (κ2) is 8.02. The average molecular weight is 308 g/mol. The van der Waals surface area contributed by atoms with Crippen molar-refractivity contribution >= 4 is 24.0 Å². The summed E-state index contributed by atoms with van der Waals surface area (Å²) in [6.07, 6.45) is 0.189. The number of anilines is 1. The first-order valence-electron chi connectivity index (χ1n) is 6.90. The Kier molecular flexibility index (Phi) is 6.37. The molecule has 22 heavy (non-hydrogen) atoms. The van der Waals surface area contributed by atoms with Crippen molar-refractivity contribution in [3.8, 4) is 0 Å². The number of carbonyl (C=O) groups is 3. The zero-order valence-electron chi connectivity index (χ0n) is 12.6. The van der Waals surface area contributed by atoms with Gasteiger partial charge in [0.2, 0.25) is 11.9 Å². The van der Waals surface area contributed by atoms with Gasteiger partial charge in [-0.2, -0.15) is 0 Å². The van der Waals surface area contributed by atoms with Crippen LogP contribution in [0.4, 0.5) is 5.69 Å². The predicted octanol–water partition coefficient (Wildman–Crippen LogP) is 0.422. The van der Waals surface area contributed by atoms with Crippen molar-refractivity contribution < 1.29 is 23.9 Å². The van der Waals surface area contributed by atoms with Crippen LogP contribution in [0.15, 0.2) is 24.3 Å². The zero-order chi connectivity index (χ0) is 16.6. The van der Waals surface area contributed by atoms with Crippen molar-refractivity contribution in [2.45, 2.75) is 25.8 Å². The number of esters is 2. The van der Waals surface area contributed by atoms with E-state index in [-0.39, 0.29) is 26.0 Å². The Balaban J connectivity index is 3.21. The van der Waals surface area contributed by atoms with Crippen LogP contribution in [-0.4, -0.2) is 37.1 Å². The Bertz CT molecular complexity index is 509. The lowest BCUT2D eigenvalue weighted by atomic mass is 9.90. The Morgan fingerprint density at radius 1 is 1.14 bits per heavy atom. The summed E-state index contributed by atoms with van der Waals surface area (Å²) in [6.45, 7) is 3.36. The molecule has 0 aliphatic carbocycles. The molecule has 0 atom stereocenters. The minimum absolute atomic E-state index is 0.0717. The molecule has 0 fully saturated rings.